The fourth-order valence-electron chi connectivity index (χ4n) is 3.38. The molecule has 0 aliphatic carbocycles. The van der Waals surface area contributed by atoms with Crippen molar-refractivity contribution in [2.45, 2.75) is 6.18 Å². The number of imide groups is 1. The summed E-state index contributed by atoms with van der Waals surface area (Å²) in [5, 5.41) is 8.79. The molecule has 10 heteroatoms. The van der Waals surface area contributed by atoms with E-state index in [0.717, 1.165) is 10.7 Å². The molecule has 0 aliphatic rings. The first-order valence-electron chi connectivity index (χ1n) is 10.3. The average Bonchev–Trinajstić information content (AvgIpc) is 3.31. The summed E-state index contributed by atoms with van der Waals surface area (Å²) in [7, 11) is 1.40. The van der Waals surface area contributed by atoms with Crippen molar-refractivity contribution in [3.8, 4) is 22.7 Å². The van der Waals surface area contributed by atoms with Crippen molar-refractivity contribution in [1.82, 2.24) is 15.1 Å². The van der Waals surface area contributed by atoms with Crippen LogP contribution in [0.1, 0.15) is 16.1 Å². The first kappa shape index (κ1) is 23.6. The normalized spacial score (nSPS) is 11.1. The van der Waals surface area contributed by atoms with Gasteiger partial charge >= 0.3 is 12.2 Å². The summed E-state index contributed by atoms with van der Waals surface area (Å²) in [6.07, 6.45) is -4.63. The Balaban J connectivity index is 1.51. The summed E-state index contributed by atoms with van der Waals surface area (Å²) in [4.78, 5) is 24.6. The van der Waals surface area contributed by atoms with Gasteiger partial charge < -0.3 is 10.1 Å². The second-order valence-corrected chi connectivity index (χ2v) is 7.35. The monoisotopic (exact) mass is 480 g/mol. The van der Waals surface area contributed by atoms with Crippen molar-refractivity contribution in [2.24, 2.45) is 0 Å². The van der Waals surface area contributed by atoms with Gasteiger partial charge in [-0.05, 0) is 42.5 Å². The molecule has 0 radical (unpaired) electrons. The van der Waals surface area contributed by atoms with Crippen LogP contribution in [0.25, 0.3) is 16.9 Å². The summed E-state index contributed by atoms with van der Waals surface area (Å²) >= 11 is 0. The van der Waals surface area contributed by atoms with E-state index in [1.165, 1.54) is 37.4 Å². The number of hydrogen-bond acceptors (Lipinski definition) is 4. The second-order valence-electron chi connectivity index (χ2n) is 7.35. The quantitative estimate of drug-likeness (QED) is 0.394. The van der Waals surface area contributed by atoms with Crippen LogP contribution < -0.4 is 15.4 Å². The molecule has 0 atom stereocenters. The van der Waals surface area contributed by atoms with Gasteiger partial charge in [0.1, 0.15) is 11.4 Å². The number of para-hydroxylation sites is 1. The maximum atomic E-state index is 13.7. The molecule has 4 rings (SSSR count). The van der Waals surface area contributed by atoms with Crippen molar-refractivity contribution in [3.05, 3.63) is 96.2 Å². The number of anilines is 1. The molecule has 0 bridgehead atoms. The number of carbonyl (C=O) groups excluding carboxylic acids is 2. The van der Waals surface area contributed by atoms with E-state index in [9.17, 15) is 22.8 Å². The minimum Gasteiger partial charge on any atom is -0.496 e. The predicted octanol–water partition coefficient (Wildman–Crippen LogP) is 5.53. The van der Waals surface area contributed by atoms with Gasteiger partial charge in [-0.15, -0.1) is 0 Å². The van der Waals surface area contributed by atoms with Crippen LogP contribution in [-0.4, -0.2) is 28.8 Å². The predicted molar refractivity (Wildman–Crippen MR) is 123 cm³/mol. The maximum absolute atomic E-state index is 13.7. The van der Waals surface area contributed by atoms with Crippen LogP contribution in [0.15, 0.2) is 84.9 Å². The van der Waals surface area contributed by atoms with Gasteiger partial charge in [0, 0.05) is 11.3 Å². The lowest BCUT2D eigenvalue weighted by Gasteiger charge is -2.12. The Morgan fingerprint density at radius 3 is 2.23 bits per heavy atom. The molecule has 1 heterocycles. The van der Waals surface area contributed by atoms with Crippen LogP contribution in [-0.2, 0) is 6.18 Å². The van der Waals surface area contributed by atoms with Crippen molar-refractivity contribution in [1.29, 1.82) is 0 Å². The summed E-state index contributed by atoms with van der Waals surface area (Å²) in [6.45, 7) is 0. The molecule has 0 saturated heterocycles. The van der Waals surface area contributed by atoms with Gasteiger partial charge in [0.15, 0.2) is 0 Å². The van der Waals surface area contributed by atoms with Gasteiger partial charge in [-0.3, -0.25) is 10.1 Å². The number of benzene rings is 3. The standard InChI is InChI=1S/C25H19F3N4O3/c1-35-21-10-6-5-9-19(21)23(33)30-24(34)29-17-11-13-18(14-12-17)32-22(25(26,27)28)15-20(31-32)16-7-3-2-4-8-16/h2-15H,1H3,(H2,29,30,33,34). The van der Waals surface area contributed by atoms with E-state index in [0.29, 0.717) is 11.3 Å². The van der Waals surface area contributed by atoms with Crippen molar-refractivity contribution in [2.75, 3.05) is 12.4 Å². The summed E-state index contributed by atoms with van der Waals surface area (Å²) in [5.74, 6) is -0.368. The van der Waals surface area contributed by atoms with Gasteiger partial charge in [0.05, 0.1) is 24.1 Å². The molecule has 0 fully saturated rings. The van der Waals surface area contributed by atoms with Crippen LogP contribution in [0, 0.1) is 0 Å². The molecule has 0 aliphatic heterocycles. The van der Waals surface area contributed by atoms with Gasteiger partial charge in [-0.1, -0.05) is 42.5 Å². The molecular formula is C25H19F3N4O3. The lowest BCUT2D eigenvalue weighted by Crippen LogP contribution is -2.34. The van der Waals surface area contributed by atoms with Crippen LogP contribution in [0.4, 0.5) is 23.7 Å². The Morgan fingerprint density at radius 2 is 1.57 bits per heavy atom. The number of halogens is 3. The van der Waals surface area contributed by atoms with Crippen LogP contribution in [0.5, 0.6) is 5.75 Å². The van der Waals surface area contributed by atoms with Crippen molar-refractivity contribution in [3.63, 3.8) is 0 Å². The number of alkyl halides is 3. The third kappa shape index (κ3) is 5.32. The fraction of sp³-hybridized carbons (Fsp3) is 0.0800. The Bertz CT molecular complexity index is 1350. The first-order chi connectivity index (χ1) is 16.8. The van der Waals surface area contributed by atoms with Crippen LogP contribution in [0.2, 0.25) is 0 Å². The van der Waals surface area contributed by atoms with E-state index in [4.69, 9.17) is 4.74 Å². The SMILES string of the molecule is COc1ccccc1C(=O)NC(=O)Nc1ccc(-n2nc(-c3ccccc3)cc2C(F)(F)F)cc1. The molecule has 0 unspecified atom stereocenters. The van der Waals surface area contributed by atoms with E-state index in [-0.39, 0.29) is 22.6 Å². The number of rotatable bonds is 5. The summed E-state index contributed by atoms with van der Waals surface area (Å²) in [5.41, 5.74) is 0.379. The van der Waals surface area contributed by atoms with Gasteiger partial charge in [-0.25, -0.2) is 9.48 Å². The highest BCUT2D eigenvalue weighted by Gasteiger charge is 2.36. The number of urea groups is 1. The molecule has 0 spiro atoms. The van der Waals surface area contributed by atoms with E-state index >= 15 is 0 Å². The molecule has 2 N–H and O–H groups in total. The van der Waals surface area contributed by atoms with E-state index in [1.807, 2.05) is 0 Å². The molecule has 7 nitrogen and oxygen atoms in total. The lowest BCUT2D eigenvalue weighted by molar-refractivity contribution is -0.142. The summed E-state index contributed by atoms with van der Waals surface area (Å²) < 4.78 is 46.9. The van der Waals surface area contributed by atoms with Gasteiger partial charge in [0.25, 0.3) is 5.91 Å². The molecule has 178 valence electrons. The Labute approximate surface area is 198 Å². The smallest absolute Gasteiger partial charge is 0.433 e. The van der Waals surface area contributed by atoms with Gasteiger partial charge in [0.2, 0.25) is 0 Å². The molecule has 3 aromatic carbocycles. The van der Waals surface area contributed by atoms with Crippen molar-refractivity contribution < 1.29 is 27.5 Å². The van der Waals surface area contributed by atoms with Crippen molar-refractivity contribution >= 4 is 17.6 Å². The number of nitrogens with zero attached hydrogens (tertiary/aromatic N) is 2. The largest absolute Gasteiger partial charge is 0.496 e. The number of hydrogen-bond donors (Lipinski definition) is 2. The highest BCUT2D eigenvalue weighted by Crippen LogP contribution is 2.34. The van der Waals surface area contributed by atoms with Crippen LogP contribution in [0.3, 0.4) is 0 Å². The molecule has 3 amide bonds. The highest BCUT2D eigenvalue weighted by atomic mass is 19.4. The Kier molecular flexibility index (Phi) is 6.54. The number of aromatic nitrogens is 2. The first-order valence-corrected chi connectivity index (χ1v) is 10.3. The fourth-order valence-corrected chi connectivity index (χ4v) is 3.38. The third-order valence-corrected chi connectivity index (χ3v) is 5.02. The van der Waals surface area contributed by atoms with Crippen LogP contribution >= 0.6 is 0 Å². The van der Waals surface area contributed by atoms with E-state index in [2.05, 4.69) is 15.7 Å². The number of carbonyl (C=O) groups is 2. The average molecular weight is 480 g/mol. The number of nitrogens with one attached hydrogen (secondary N) is 2. The zero-order valence-electron chi connectivity index (χ0n) is 18.3. The lowest BCUT2D eigenvalue weighted by atomic mass is 10.1. The Morgan fingerprint density at radius 1 is 0.914 bits per heavy atom. The zero-order chi connectivity index (χ0) is 25.0. The topological polar surface area (TPSA) is 85.2 Å². The maximum Gasteiger partial charge on any atom is 0.433 e. The third-order valence-electron chi connectivity index (χ3n) is 5.02. The zero-order valence-corrected chi connectivity index (χ0v) is 18.3. The molecule has 35 heavy (non-hydrogen) atoms. The number of ether oxygens (including phenoxy) is 1. The molecule has 0 saturated carbocycles. The number of amides is 3. The van der Waals surface area contributed by atoms with E-state index < -0.39 is 23.8 Å². The molecule has 4 aromatic rings. The molecular weight excluding hydrogens is 461 g/mol. The minimum atomic E-state index is -4.63. The minimum absolute atomic E-state index is 0.149. The Hall–Kier alpha value is -4.60. The molecule has 1 aromatic heterocycles. The summed E-state index contributed by atoms with van der Waals surface area (Å²) in [6, 6.07) is 20.7. The number of methoxy groups -OCH3 is 1. The highest BCUT2D eigenvalue weighted by molar-refractivity contribution is 6.09. The van der Waals surface area contributed by atoms with Gasteiger partial charge in [-0.2, -0.15) is 18.3 Å². The second kappa shape index (κ2) is 9.72. The van der Waals surface area contributed by atoms with E-state index in [1.54, 1.807) is 48.5 Å².